The van der Waals surface area contributed by atoms with Gasteiger partial charge in [-0.2, -0.15) is 8.78 Å². The Morgan fingerprint density at radius 1 is 1.20 bits per heavy atom. The summed E-state index contributed by atoms with van der Waals surface area (Å²) < 4.78 is 45.7. The Hall–Kier alpha value is -1.47. The van der Waals surface area contributed by atoms with Gasteiger partial charge in [-0.25, -0.2) is 14.0 Å². The Morgan fingerprint density at radius 2 is 1.65 bits per heavy atom. The number of hydrogen-bond acceptors (Lipinski definition) is 3. The number of halogens is 3. The summed E-state index contributed by atoms with van der Waals surface area (Å²) in [6, 6.07) is 0. The smallest absolute Gasteiger partial charge is 0.410 e. The fourth-order valence-corrected chi connectivity index (χ4v) is 1.88. The Balaban J connectivity index is 2.68. The molecule has 0 aromatic rings. The summed E-state index contributed by atoms with van der Waals surface area (Å²) >= 11 is 0. The van der Waals surface area contributed by atoms with E-state index in [-0.39, 0.29) is 13.1 Å². The quantitative estimate of drug-likeness (QED) is 0.850. The van der Waals surface area contributed by atoms with Gasteiger partial charge in [0.05, 0.1) is 0 Å². The number of carboxylic acid groups (broad SMARTS) is 1. The van der Waals surface area contributed by atoms with Crippen LogP contribution in [0.15, 0.2) is 0 Å². The number of alkyl halides is 3. The first-order valence-corrected chi connectivity index (χ1v) is 6.17. The highest BCUT2D eigenvalue weighted by molar-refractivity contribution is 5.77. The van der Waals surface area contributed by atoms with Crippen LogP contribution in [0, 0.1) is 0 Å². The normalized spacial score (nSPS) is 19.6. The van der Waals surface area contributed by atoms with Crippen molar-refractivity contribution in [3.63, 3.8) is 0 Å². The van der Waals surface area contributed by atoms with Crippen LogP contribution in [0.5, 0.6) is 0 Å². The number of piperidine rings is 1. The molecule has 1 amide bonds. The monoisotopic (exact) mass is 297 g/mol. The van der Waals surface area contributed by atoms with Crippen molar-refractivity contribution >= 4 is 12.1 Å². The third kappa shape index (κ3) is 3.34. The van der Waals surface area contributed by atoms with Crippen LogP contribution in [0.3, 0.4) is 0 Å². The van der Waals surface area contributed by atoms with Crippen molar-refractivity contribution < 1.29 is 32.6 Å². The van der Waals surface area contributed by atoms with Crippen molar-refractivity contribution in [2.45, 2.75) is 50.8 Å². The van der Waals surface area contributed by atoms with Crippen molar-refractivity contribution in [3.8, 4) is 0 Å². The summed E-state index contributed by atoms with van der Waals surface area (Å²) in [6.07, 6.45) is -2.21. The highest BCUT2D eigenvalue weighted by atomic mass is 19.3. The van der Waals surface area contributed by atoms with Crippen LogP contribution < -0.4 is 0 Å². The van der Waals surface area contributed by atoms with Crippen molar-refractivity contribution in [1.29, 1.82) is 0 Å². The molecule has 116 valence electrons. The van der Waals surface area contributed by atoms with Gasteiger partial charge in [0.15, 0.2) is 5.67 Å². The number of amides is 1. The van der Waals surface area contributed by atoms with Crippen LogP contribution in [0.4, 0.5) is 18.0 Å². The predicted octanol–water partition coefficient (Wildman–Crippen LogP) is 2.45. The molecule has 1 heterocycles. The minimum Gasteiger partial charge on any atom is -0.477 e. The molecule has 5 nitrogen and oxygen atoms in total. The second-order valence-corrected chi connectivity index (χ2v) is 5.81. The minimum absolute atomic E-state index is 0.311. The fraction of sp³-hybridized carbons (Fsp3) is 0.833. The zero-order valence-corrected chi connectivity index (χ0v) is 11.6. The van der Waals surface area contributed by atoms with E-state index in [2.05, 4.69) is 0 Å². The number of likely N-dealkylation sites (tertiary alicyclic amines) is 1. The number of rotatable bonds is 2. The number of carboxylic acids is 1. The summed E-state index contributed by atoms with van der Waals surface area (Å²) in [6.45, 7) is 4.31. The molecule has 1 rings (SSSR count). The molecule has 1 N–H and O–H groups in total. The van der Waals surface area contributed by atoms with Gasteiger partial charge in [0.1, 0.15) is 5.60 Å². The van der Waals surface area contributed by atoms with E-state index in [0.29, 0.717) is 0 Å². The van der Waals surface area contributed by atoms with Crippen molar-refractivity contribution in [2.75, 3.05) is 13.1 Å². The number of ether oxygens (including phenoxy) is 1. The van der Waals surface area contributed by atoms with E-state index in [1.165, 1.54) is 0 Å². The van der Waals surface area contributed by atoms with Crippen LogP contribution in [-0.4, -0.2) is 52.4 Å². The maximum Gasteiger partial charge on any atom is 0.410 e. The van der Waals surface area contributed by atoms with Gasteiger partial charge in [-0.05, 0) is 20.8 Å². The lowest BCUT2D eigenvalue weighted by atomic mass is 9.87. The molecule has 0 aromatic heterocycles. The van der Waals surface area contributed by atoms with Crippen molar-refractivity contribution in [2.24, 2.45) is 0 Å². The third-order valence-corrected chi connectivity index (χ3v) is 3.04. The number of carbonyl (C=O) groups excluding carboxylic acids is 1. The van der Waals surface area contributed by atoms with Gasteiger partial charge in [0.25, 0.3) is 0 Å². The molecule has 0 atom stereocenters. The molecule has 0 spiro atoms. The first-order chi connectivity index (χ1) is 8.89. The molecule has 0 aliphatic carbocycles. The Kier molecular flexibility index (Phi) is 4.26. The molecular formula is C12H18F3NO4. The fourth-order valence-electron chi connectivity index (χ4n) is 1.88. The summed E-state index contributed by atoms with van der Waals surface area (Å²) in [5.41, 5.74) is -3.89. The van der Waals surface area contributed by atoms with E-state index in [1.807, 2.05) is 0 Å². The molecule has 1 fully saturated rings. The average molecular weight is 297 g/mol. The second-order valence-electron chi connectivity index (χ2n) is 5.81. The SMILES string of the molecule is CC(C)(C)OC(=O)N1CCC(F)(C(F)(F)C(=O)O)CC1. The topological polar surface area (TPSA) is 66.8 Å². The average Bonchev–Trinajstić information content (AvgIpc) is 2.27. The number of aliphatic carboxylic acids is 1. The van der Waals surface area contributed by atoms with Gasteiger partial charge >= 0.3 is 18.0 Å². The van der Waals surface area contributed by atoms with Crippen LogP contribution in [0.1, 0.15) is 33.6 Å². The zero-order valence-electron chi connectivity index (χ0n) is 11.6. The van der Waals surface area contributed by atoms with Crippen molar-refractivity contribution in [1.82, 2.24) is 4.90 Å². The second kappa shape index (κ2) is 5.14. The minimum atomic E-state index is -4.47. The van der Waals surface area contributed by atoms with E-state index in [4.69, 9.17) is 9.84 Å². The van der Waals surface area contributed by atoms with Gasteiger partial charge in [-0.3, -0.25) is 0 Å². The highest BCUT2D eigenvalue weighted by Crippen LogP contribution is 2.41. The number of carbonyl (C=O) groups is 2. The first kappa shape index (κ1) is 16.6. The maximum atomic E-state index is 14.1. The lowest BCUT2D eigenvalue weighted by molar-refractivity contribution is -0.198. The van der Waals surface area contributed by atoms with Gasteiger partial charge in [-0.1, -0.05) is 0 Å². The third-order valence-electron chi connectivity index (χ3n) is 3.04. The molecule has 0 saturated carbocycles. The van der Waals surface area contributed by atoms with E-state index < -0.39 is 42.1 Å². The Labute approximate surface area is 114 Å². The molecular weight excluding hydrogens is 279 g/mol. The molecule has 1 aliphatic heterocycles. The molecule has 8 heteroatoms. The Morgan fingerprint density at radius 3 is 2.00 bits per heavy atom. The maximum absolute atomic E-state index is 14.1. The van der Waals surface area contributed by atoms with Crippen LogP contribution >= 0.6 is 0 Å². The first-order valence-electron chi connectivity index (χ1n) is 6.17. The van der Waals surface area contributed by atoms with E-state index in [0.717, 1.165) is 4.90 Å². The largest absolute Gasteiger partial charge is 0.477 e. The summed E-state index contributed by atoms with van der Waals surface area (Å²) in [5.74, 6) is -6.96. The predicted molar refractivity (Wildman–Crippen MR) is 63.5 cm³/mol. The molecule has 1 aliphatic rings. The van der Waals surface area contributed by atoms with Gasteiger partial charge in [0.2, 0.25) is 0 Å². The van der Waals surface area contributed by atoms with Crippen LogP contribution in [0.25, 0.3) is 0 Å². The van der Waals surface area contributed by atoms with E-state index >= 15 is 0 Å². The number of nitrogens with zero attached hydrogens (tertiary/aromatic N) is 1. The van der Waals surface area contributed by atoms with E-state index in [9.17, 15) is 22.8 Å². The molecule has 0 unspecified atom stereocenters. The standard InChI is InChI=1S/C12H18F3NO4/c1-10(2,3)20-9(19)16-6-4-11(13,5-7-16)12(14,15)8(17)18/h4-7H2,1-3H3,(H,17,18). The van der Waals surface area contributed by atoms with Gasteiger partial charge in [-0.15, -0.1) is 0 Å². The lowest BCUT2D eigenvalue weighted by Crippen LogP contribution is -2.57. The molecule has 1 saturated heterocycles. The van der Waals surface area contributed by atoms with Crippen molar-refractivity contribution in [3.05, 3.63) is 0 Å². The molecule has 0 aromatic carbocycles. The molecule has 0 bridgehead atoms. The van der Waals surface area contributed by atoms with Crippen LogP contribution in [-0.2, 0) is 9.53 Å². The lowest BCUT2D eigenvalue weighted by Gasteiger charge is -2.39. The number of hydrogen-bond donors (Lipinski definition) is 1. The van der Waals surface area contributed by atoms with E-state index in [1.54, 1.807) is 20.8 Å². The molecule has 20 heavy (non-hydrogen) atoms. The zero-order chi connectivity index (χ0) is 15.8. The molecule has 0 radical (unpaired) electrons. The summed E-state index contributed by atoms with van der Waals surface area (Å²) in [5, 5.41) is 8.39. The summed E-state index contributed by atoms with van der Waals surface area (Å²) in [4.78, 5) is 23.2. The van der Waals surface area contributed by atoms with Crippen LogP contribution in [0.2, 0.25) is 0 Å². The van der Waals surface area contributed by atoms with Gasteiger partial charge < -0.3 is 14.7 Å². The Bertz CT molecular complexity index is 398. The highest BCUT2D eigenvalue weighted by Gasteiger charge is 2.61. The summed E-state index contributed by atoms with van der Waals surface area (Å²) in [7, 11) is 0. The van der Waals surface area contributed by atoms with Gasteiger partial charge in [0, 0.05) is 25.9 Å².